The fourth-order valence-corrected chi connectivity index (χ4v) is 3.11. The summed E-state index contributed by atoms with van der Waals surface area (Å²) >= 11 is 7.16. The monoisotopic (exact) mass is 400 g/mol. The van der Waals surface area contributed by atoms with Gasteiger partial charge in [0.05, 0.1) is 10.6 Å². The van der Waals surface area contributed by atoms with Crippen LogP contribution >= 0.6 is 22.9 Å². The number of hydrogen-bond acceptors (Lipinski definition) is 6. The number of aromatic nitrogens is 1. The number of nitriles is 1. The van der Waals surface area contributed by atoms with Gasteiger partial charge in [-0.1, -0.05) is 23.7 Å². The quantitative estimate of drug-likeness (QED) is 0.347. The molecule has 0 unspecified atom stereocenters. The molecule has 3 rings (SSSR count). The standard InChI is InChI=1S/C18H10ClFN4O2S/c19-13-3-1-11(2-4-13)16-10-27-18(23-16)12(8-21)9-22-14-5-6-15(20)17(7-14)24(25)26/h1-7,9-10,22H/b12-9+. The Balaban J connectivity index is 1.83. The predicted molar refractivity (Wildman–Crippen MR) is 103 cm³/mol. The van der Waals surface area contributed by atoms with Crippen molar-refractivity contribution in [1.29, 1.82) is 5.26 Å². The Hall–Kier alpha value is -3.28. The summed E-state index contributed by atoms with van der Waals surface area (Å²) < 4.78 is 13.4. The van der Waals surface area contributed by atoms with Gasteiger partial charge in [0.2, 0.25) is 5.82 Å². The second kappa shape index (κ2) is 7.95. The molecule has 0 aliphatic carbocycles. The summed E-state index contributed by atoms with van der Waals surface area (Å²) in [5.41, 5.74) is 1.44. The average molecular weight is 401 g/mol. The van der Waals surface area contributed by atoms with Crippen LogP contribution in [0.3, 0.4) is 0 Å². The molecule has 9 heteroatoms. The van der Waals surface area contributed by atoms with Crippen LogP contribution in [0.5, 0.6) is 0 Å². The maximum Gasteiger partial charge on any atom is 0.306 e. The maximum absolute atomic E-state index is 13.4. The molecule has 0 radical (unpaired) electrons. The van der Waals surface area contributed by atoms with Crippen LogP contribution in [-0.2, 0) is 0 Å². The molecule has 0 saturated heterocycles. The lowest BCUT2D eigenvalue weighted by Crippen LogP contribution is -1.96. The normalized spacial score (nSPS) is 11.1. The van der Waals surface area contributed by atoms with Gasteiger partial charge in [-0.3, -0.25) is 10.1 Å². The summed E-state index contributed by atoms with van der Waals surface area (Å²) in [6.45, 7) is 0. The highest BCUT2D eigenvalue weighted by atomic mass is 35.5. The van der Waals surface area contributed by atoms with Gasteiger partial charge in [0, 0.05) is 33.9 Å². The minimum atomic E-state index is -0.928. The van der Waals surface area contributed by atoms with E-state index in [1.807, 2.05) is 23.6 Å². The number of nitrogens with zero attached hydrogens (tertiary/aromatic N) is 3. The number of allylic oxidation sites excluding steroid dienone is 1. The van der Waals surface area contributed by atoms with Gasteiger partial charge < -0.3 is 5.32 Å². The van der Waals surface area contributed by atoms with E-state index in [0.29, 0.717) is 15.7 Å². The van der Waals surface area contributed by atoms with Gasteiger partial charge in [0.15, 0.2) is 0 Å². The van der Waals surface area contributed by atoms with E-state index in [0.717, 1.165) is 17.7 Å². The molecule has 0 fully saturated rings. The SMILES string of the molecule is N#C/C(=C\Nc1ccc(F)c([N+](=O)[O-])c1)c1nc(-c2ccc(Cl)cc2)cs1. The maximum atomic E-state index is 13.4. The van der Waals surface area contributed by atoms with Crippen LogP contribution in [0.2, 0.25) is 5.02 Å². The van der Waals surface area contributed by atoms with Gasteiger partial charge in [0.25, 0.3) is 0 Å². The van der Waals surface area contributed by atoms with Gasteiger partial charge in [-0.25, -0.2) is 4.98 Å². The molecule has 0 atom stereocenters. The first-order valence-electron chi connectivity index (χ1n) is 7.50. The molecular weight excluding hydrogens is 391 g/mol. The van der Waals surface area contributed by atoms with Crippen molar-refractivity contribution < 1.29 is 9.31 Å². The van der Waals surface area contributed by atoms with Crippen LogP contribution in [0, 0.1) is 27.3 Å². The van der Waals surface area contributed by atoms with Crippen LogP contribution in [0.4, 0.5) is 15.8 Å². The highest BCUT2D eigenvalue weighted by molar-refractivity contribution is 7.11. The first kappa shape index (κ1) is 18.5. The number of nitrogens with one attached hydrogen (secondary N) is 1. The summed E-state index contributed by atoms with van der Waals surface area (Å²) in [6.07, 6.45) is 1.38. The molecule has 0 saturated carbocycles. The number of anilines is 1. The molecule has 3 aromatic rings. The second-order valence-electron chi connectivity index (χ2n) is 5.28. The number of rotatable bonds is 5. The molecule has 0 aliphatic rings. The predicted octanol–water partition coefficient (Wildman–Crippen LogP) is 5.49. The number of hydrogen-bond donors (Lipinski definition) is 1. The van der Waals surface area contributed by atoms with Crippen LogP contribution in [0.15, 0.2) is 54.0 Å². The molecule has 134 valence electrons. The third kappa shape index (κ3) is 4.28. The number of benzene rings is 2. The van der Waals surface area contributed by atoms with E-state index in [-0.39, 0.29) is 11.3 Å². The van der Waals surface area contributed by atoms with E-state index in [4.69, 9.17) is 11.6 Å². The first-order chi connectivity index (χ1) is 13.0. The van der Waals surface area contributed by atoms with Crippen molar-refractivity contribution in [2.75, 3.05) is 5.32 Å². The van der Waals surface area contributed by atoms with Crippen molar-refractivity contribution in [3.63, 3.8) is 0 Å². The Bertz CT molecular complexity index is 1070. The van der Waals surface area contributed by atoms with Crippen LogP contribution in [-0.4, -0.2) is 9.91 Å². The molecule has 27 heavy (non-hydrogen) atoms. The van der Waals surface area contributed by atoms with Crippen LogP contribution in [0.1, 0.15) is 5.01 Å². The number of thiazole rings is 1. The zero-order valence-corrected chi connectivity index (χ0v) is 15.1. The van der Waals surface area contributed by atoms with Gasteiger partial charge >= 0.3 is 5.69 Å². The molecule has 2 aromatic carbocycles. The van der Waals surface area contributed by atoms with Crippen LogP contribution < -0.4 is 5.32 Å². The van der Waals surface area contributed by atoms with E-state index in [1.54, 1.807) is 12.1 Å². The summed E-state index contributed by atoms with van der Waals surface area (Å²) in [5, 5.41) is 25.9. The highest BCUT2D eigenvalue weighted by Gasteiger charge is 2.14. The van der Waals surface area contributed by atoms with Crippen molar-refractivity contribution in [3.05, 3.63) is 80.0 Å². The van der Waals surface area contributed by atoms with E-state index in [1.165, 1.54) is 23.6 Å². The largest absolute Gasteiger partial charge is 0.360 e. The molecule has 0 aliphatic heterocycles. The van der Waals surface area contributed by atoms with Crippen molar-refractivity contribution in [1.82, 2.24) is 4.98 Å². The van der Waals surface area contributed by atoms with Gasteiger partial charge in [-0.15, -0.1) is 11.3 Å². The van der Waals surface area contributed by atoms with Gasteiger partial charge in [0.1, 0.15) is 16.6 Å². The molecule has 1 heterocycles. The Kier molecular flexibility index (Phi) is 5.45. The van der Waals surface area contributed by atoms with Crippen molar-refractivity contribution in [2.24, 2.45) is 0 Å². The molecule has 1 aromatic heterocycles. The zero-order chi connectivity index (χ0) is 19.4. The lowest BCUT2D eigenvalue weighted by Gasteiger charge is -2.02. The summed E-state index contributed by atoms with van der Waals surface area (Å²) in [7, 11) is 0. The van der Waals surface area contributed by atoms with Gasteiger partial charge in [-0.05, 0) is 24.3 Å². The number of nitro benzene ring substituents is 1. The lowest BCUT2D eigenvalue weighted by molar-refractivity contribution is -0.387. The Morgan fingerprint density at radius 3 is 2.74 bits per heavy atom. The molecule has 0 bridgehead atoms. The summed E-state index contributed by atoms with van der Waals surface area (Å²) in [5.74, 6) is -0.928. The minimum absolute atomic E-state index is 0.243. The molecule has 1 N–H and O–H groups in total. The molecular formula is C18H10ClFN4O2S. The third-order valence-corrected chi connectivity index (χ3v) is 4.65. The number of halogens is 2. The van der Waals surface area contributed by atoms with E-state index >= 15 is 0 Å². The van der Waals surface area contributed by atoms with Gasteiger partial charge in [-0.2, -0.15) is 9.65 Å². The Morgan fingerprint density at radius 1 is 1.33 bits per heavy atom. The fraction of sp³-hybridized carbons (Fsp3) is 0. The lowest BCUT2D eigenvalue weighted by atomic mass is 10.2. The van der Waals surface area contributed by atoms with Crippen molar-refractivity contribution >= 4 is 39.9 Å². The van der Waals surface area contributed by atoms with E-state index in [2.05, 4.69) is 10.3 Å². The van der Waals surface area contributed by atoms with Crippen LogP contribution in [0.25, 0.3) is 16.8 Å². The molecule has 0 spiro atoms. The summed E-state index contributed by atoms with van der Waals surface area (Å²) in [6, 6.07) is 12.6. The Labute approximate surface area is 162 Å². The third-order valence-electron chi connectivity index (χ3n) is 3.52. The highest BCUT2D eigenvalue weighted by Crippen LogP contribution is 2.27. The molecule has 6 nitrogen and oxygen atoms in total. The molecule has 0 amide bonds. The minimum Gasteiger partial charge on any atom is -0.360 e. The fourth-order valence-electron chi connectivity index (χ4n) is 2.19. The second-order valence-corrected chi connectivity index (χ2v) is 6.58. The number of nitro groups is 1. The first-order valence-corrected chi connectivity index (χ1v) is 8.76. The van der Waals surface area contributed by atoms with E-state index in [9.17, 15) is 19.8 Å². The summed E-state index contributed by atoms with van der Waals surface area (Å²) in [4.78, 5) is 14.4. The average Bonchev–Trinajstić information content (AvgIpc) is 3.14. The Morgan fingerprint density at radius 2 is 2.07 bits per heavy atom. The van der Waals surface area contributed by atoms with Crippen molar-refractivity contribution in [3.8, 4) is 17.3 Å². The topological polar surface area (TPSA) is 91.8 Å². The van der Waals surface area contributed by atoms with E-state index < -0.39 is 16.4 Å². The van der Waals surface area contributed by atoms with Crippen molar-refractivity contribution in [2.45, 2.75) is 0 Å². The zero-order valence-electron chi connectivity index (χ0n) is 13.5. The smallest absolute Gasteiger partial charge is 0.306 e.